The molecule has 0 aliphatic rings. The van der Waals surface area contributed by atoms with E-state index in [1.807, 2.05) is 24.3 Å². The fourth-order valence-electron chi connectivity index (χ4n) is 2.93. The lowest BCUT2D eigenvalue weighted by molar-refractivity contribution is -0.118. The monoisotopic (exact) mass is 307 g/mol. The first-order chi connectivity index (χ1) is 11.2. The van der Waals surface area contributed by atoms with E-state index in [9.17, 15) is 4.79 Å². The van der Waals surface area contributed by atoms with Crippen molar-refractivity contribution >= 4 is 16.9 Å². The zero-order valence-corrected chi connectivity index (χ0v) is 13.5. The molecule has 0 saturated heterocycles. The van der Waals surface area contributed by atoms with Crippen molar-refractivity contribution in [3.63, 3.8) is 0 Å². The van der Waals surface area contributed by atoms with Gasteiger partial charge < -0.3 is 9.88 Å². The van der Waals surface area contributed by atoms with E-state index >= 15 is 0 Å². The Morgan fingerprint density at radius 2 is 1.83 bits per heavy atom. The quantitative estimate of drug-likeness (QED) is 0.786. The molecule has 3 rings (SSSR count). The van der Waals surface area contributed by atoms with Crippen LogP contribution in [0, 0.1) is 0 Å². The minimum Gasteiger partial charge on any atom is -0.356 e. The lowest BCUT2D eigenvalue weighted by Crippen LogP contribution is -2.24. The molecule has 118 valence electrons. The number of hydrogen-bond donors (Lipinski definition) is 1. The van der Waals surface area contributed by atoms with Crippen LogP contribution in [-0.4, -0.2) is 22.0 Å². The number of nitrogens with one attached hydrogen (secondary N) is 1. The number of carbonyl (C=O) groups excluding carboxylic acids is 1. The van der Waals surface area contributed by atoms with Crippen LogP contribution in [-0.2, 0) is 11.2 Å². The zero-order valence-electron chi connectivity index (χ0n) is 13.5. The van der Waals surface area contributed by atoms with Crippen molar-refractivity contribution < 1.29 is 4.79 Å². The second-order valence-electron chi connectivity index (χ2n) is 5.71. The van der Waals surface area contributed by atoms with Gasteiger partial charge in [-0.2, -0.15) is 0 Å². The van der Waals surface area contributed by atoms with E-state index in [0.717, 1.165) is 16.9 Å². The topological polar surface area (TPSA) is 46.9 Å². The molecule has 23 heavy (non-hydrogen) atoms. The summed E-state index contributed by atoms with van der Waals surface area (Å²) in [6.07, 6.45) is 0.714. The molecule has 0 unspecified atom stereocenters. The highest BCUT2D eigenvalue weighted by atomic mass is 16.1. The fourth-order valence-corrected chi connectivity index (χ4v) is 2.93. The highest BCUT2D eigenvalue weighted by molar-refractivity contribution is 5.76. The van der Waals surface area contributed by atoms with Crippen LogP contribution in [0.4, 0.5) is 0 Å². The molecule has 1 atom stereocenters. The third-order valence-electron chi connectivity index (χ3n) is 4.06. The maximum atomic E-state index is 11.1. The SMILES string of the molecule is CC(=O)NCCc1nc2ccccc2n1[C@H](C)c1ccccc1. The van der Waals surface area contributed by atoms with E-state index in [0.29, 0.717) is 13.0 Å². The molecule has 0 bridgehead atoms. The fraction of sp³-hybridized carbons (Fsp3) is 0.263. The Morgan fingerprint density at radius 1 is 1.13 bits per heavy atom. The summed E-state index contributed by atoms with van der Waals surface area (Å²) in [6, 6.07) is 18.8. The maximum Gasteiger partial charge on any atom is 0.216 e. The van der Waals surface area contributed by atoms with E-state index in [1.165, 1.54) is 12.5 Å². The molecule has 4 heteroatoms. The molecule has 4 nitrogen and oxygen atoms in total. The standard InChI is InChI=1S/C19H21N3O/c1-14(16-8-4-3-5-9-16)22-18-11-7-6-10-17(18)21-19(22)12-13-20-15(2)23/h3-11,14H,12-13H2,1-2H3,(H,20,23)/t14-/m1/s1. The molecule has 0 spiro atoms. The van der Waals surface area contributed by atoms with Gasteiger partial charge in [0.1, 0.15) is 5.82 Å². The number of nitrogens with zero attached hydrogens (tertiary/aromatic N) is 2. The Labute approximate surface area is 136 Å². The van der Waals surface area contributed by atoms with Crippen molar-refractivity contribution in [1.29, 1.82) is 0 Å². The van der Waals surface area contributed by atoms with Crippen LogP contribution in [0.1, 0.15) is 31.3 Å². The Bertz CT molecular complexity index is 808. The van der Waals surface area contributed by atoms with Crippen LogP contribution < -0.4 is 5.32 Å². The van der Waals surface area contributed by atoms with Crippen molar-refractivity contribution in [2.45, 2.75) is 26.3 Å². The Kier molecular flexibility index (Phi) is 4.42. The maximum absolute atomic E-state index is 11.1. The summed E-state index contributed by atoms with van der Waals surface area (Å²) in [5.41, 5.74) is 3.37. The van der Waals surface area contributed by atoms with Crippen LogP contribution in [0.15, 0.2) is 54.6 Å². The smallest absolute Gasteiger partial charge is 0.216 e. The second-order valence-corrected chi connectivity index (χ2v) is 5.71. The van der Waals surface area contributed by atoms with E-state index < -0.39 is 0 Å². The first kappa shape index (κ1) is 15.3. The van der Waals surface area contributed by atoms with Gasteiger partial charge in [-0.1, -0.05) is 42.5 Å². The molecule has 1 aromatic heterocycles. The predicted octanol–water partition coefficient (Wildman–Crippen LogP) is 3.32. The molecule has 0 saturated carbocycles. The van der Waals surface area contributed by atoms with Gasteiger partial charge in [0.15, 0.2) is 0 Å². The summed E-state index contributed by atoms with van der Waals surface area (Å²) >= 11 is 0. The van der Waals surface area contributed by atoms with Gasteiger partial charge in [-0.05, 0) is 24.6 Å². The molecule has 1 heterocycles. The van der Waals surface area contributed by atoms with Crippen molar-refractivity contribution in [2.75, 3.05) is 6.54 Å². The number of para-hydroxylation sites is 2. The van der Waals surface area contributed by atoms with Gasteiger partial charge in [-0.3, -0.25) is 4.79 Å². The van der Waals surface area contributed by atoms with Gasteiger partial charge >= 0.3 is 0 Å². The number of amides is 1. The summed E-state index contributed by atoms with van der Waals surface area (Å²) in [6.45, 7) is 4.32. The van der Waals surface area contributed by atoms with Crippen molar-refractivity contribution in [3.8, 4) is 0 Å². The third kappa shape index (κ3) is 3.26. The van der Waals surface area contributed by atoms with Crippen LogP contribution in [0.3, 0.4) is 0 Å². The number of imidazole rings is 1. The number of aromatic nitrogens is 2. The molecule has 2 aromatic carbocycles. The van der Waals surface area contributed by atoms with Crippen LogP contribution in [0.5, 0.6) is 0 Å². The average molecular weight is 307 g/mol. The molecule has 0 aliphatic heterocycles. The molecular formula is C19H21N3O. The number of fused-ring (bicyclic) bond motifs is 1. The van der Waals surface area contributed by atoms with Gasteiger partial charge in [0.05, 0.1) is 17.1 Å². The lowest BCUT2D eigenvalue weighted by atomic mass is 10.1. The summed E-state index contributed by atoms with van der Waals surface area (Å²) in [7, 11) is 0. The highest BCUT2D eigenvalue weighted by Gasteiger charge is 2.16. The molecule has 0 radical (unpaired) electrons. The van der Waals surface area contributed by atoms with Crippen molar-refractivity contribution in [1.82, 2.24) is 14.9 Å². The van der Waals surface area contributed by atoms with Crippen LogP contribution in [0.2, 0.25) is 0 Å². The first-order valence-electron chi connectivity index (χ1n) is 7.92. The molecule has 1 amide bonds. The number of carbonyl (C=O) groups is 1. The lowest BCUT2D eigenvalue weighted by Gasteiger charge is -2.18. The van der Waals surface area contributed by atoms with Gasteiger partial charge in [0.25, 0.3) is 0 Å². The van der Waals surface area contributed by atoms with E-state index in [2.05, 4.69) is 47.1 Å². The summed E-state index contributed by atoms with van der Waals surface area (Å²) in [5, 5.41) is 2.85. The molecule has 0 aliphatic carbocycles. The average Bonchev–Trinajstić information content (AvgIpc) is 2.93. The largest absolute Gasteiger partial charge is 0.356 e. The normalized spacial score (nSPS) is 12.3. The van der Waals surface area contributed by atoms with Gasteiger partial charge in [-0.25, -0.2) is 4.98 Å². The zero-order chi connectivity index (χ0) is 16.2. The predicted molar refractivity (Wildman–Crippen MR) is 92.4 cm³/mol. The second kappa shape index (κ2) is 6.65. The van der Waals surface area contributed by atoms with E-state index in [-0.39, 0.29) is 11.9 Å². The molecule has 1 N–H and O–H groups in total. The van der Waals surface area contributed by atoms with Gasteiger partial charge in [0, 0.05) is 19.9 Å². The summed E-state index contributed by atoms with van der Waals surface area (Å²) in [5.74, 6) is 0.986. The van der Waals surface area contributed by atoms with E-state index in [4.69, 9.17) is 4.98 Å². The minimum atomic E-state index is -0.0104. The van der Waals surface area contributed by atoms with Crippen molar-refractivity contribution in [2.24, 2.45) is 0 Å². The Hall–Kier alpha value is -2.62. The number of benzene rings is 2. The minimum absolute atomic E-state index is 0.0104. The number of hydrogen-bond acceptors (Lipinski definition) is 2. The number of rotatable bonds is 5. The highest BCUT2D eigenvalue weighted by Crippen LogP contribution is 2.26. The van der Waals surface area contributed by atoms with Gasteiger partial charge in [0.2, 0.25) is 5.91 Å². The third-order valence-corrected chi connectivity index (χ3v) is 4.06. The Morgan fingerprint density at radius 3 is 2.57 bits per heavy atom. The summed E-state index contributed by atoms with van der Waals surface area (Å²) < 4.78 is 2.27. The van der Waals surface area contributed by atoms with Crippen molar-refractivity contribution in [3.05, 3.63) is 66.0 Å². The molecule has 3 aromatic rings. The summed E-state index contributed by atoms with van der Waals surface area (Å²) in [4.78, 5) is 15.9. The Balaban J connectivity index is 2.00. The van der Waals surface area contributed by atoms with Gasteiger partial charge in [-0.15, -0.1) is 0 Å². The molecular weight excluding hydrogens is 286 g/mol. The van der Waals surface area contributed by atoms with Crippen LogP contribution >= 0.6 is 0 Å². The first-order valence-corrected chi connectivity index (χ1v) is 7.92. The van der Waals surface area contributed by atoms with E-state index in [1.54, 1.807) is 0 Å². The molecule has 0 fully saturated rings. The van der Waals surface area contributed by atoms with Crippen LogP contribution in [0.25, 0.3) is 11.0 Å².